The normalized spacial score (nSPS) is 12.1. The summed E-state index contributed by atoms with van der Waals surface area (Å²) in [6.07, 6.45) is 0. The van der Waals surface area contributed by atoms with Crippen LogP contribution < -0.4 is 5.32 Å². The van der Waals surface area contributed by atoms with Crippen LogP contribution in [-0.2, 0) is 15.6 Å². The van der Waals surface area contributed by atoms with Crippen LogP contribution in [-0.4, -0.2) is 39.1 Å². The molecule has 0 saturated carbocycles. The number of anilines is 1. The maximum atomic E-state index is 13.3. The first-order valence-corrected chi connectivity index (χ1v) is 12.6. The predicted molar refractivity (Wildman–Crippen MR) is 147 cm³/mol. The minimum absolute atomic E-state index is 0.00512. The molecule has 3 aromatic rings. The molecule has 1 aromatic heterocycles. The van der Waals surface area contributed by atoms with E-state index in [1.54, 1.807) is 9.58 Å². The van der Waals surface area contributed by atoms with Crippen molar-refractivity contribution >= 4 is 17.6 Å². The third-order valence-corrected chi connectivity index (χ3v) is 6.28. The van der Waals surface area contributed by atoms with Crippen molar-refractivity contribution in [1.29, 1.82) is 0 Å². The number of rotatable bonds is 6. The number of amides is 2. The highest BCUT2D eigenvalue weighted by Crippen LogP contribution is 2.28. The Labute approximate surface area is 215 Å². The Morgan fingerprint density at radius 3 is 2.08 bits per heavy atom. The van der Waals surface area contributed by atoms with Crippen molar-refractivity contribution in [2.24, 2.45) is 0 Å². The molecule has 36 heavy (non-hydrogen) atoms. The Morgan fingerprint density at radius 1 is 0.944 bits per heavy atom. The van der Waals surface area contributed by atoms with Crippen LogP contribution in [0.4, 0.5) is 5.82 Å². The van der Waals surface area contributed by atoms with Crippen molar-refractivity contribution in [3.63, 3.8) is 0 Å². The lowest BCUT2D eigenvalue weighted by molar-refractivity contribution is -0.117. The SMILES string of the molecule is Cc1ccccc1-n1nc(C(C)(C)C)cc1NC(=O)CN(C(=O)c1ccc(C(C)(C)C)cc1)C(C)C. The van der Waals surface area contributed by atoms with Gasteiger partial charge in [0.25, 0.3) is 5.91 Å². The van der Waals surface area contributed by atoms with E-state index >= 15 is 0 Å². The summed E-state index contributed by atoms with van der Waals surface area (Å²) in [5.41, 5.74) is 4.37. The molecule has 0 aliphatic rings. The first-order chi connectivity index (χ1) is 16.7. The van der Waals surface area contributed by atoms with E-state index in [0.717, 1.165) is 22.5 Å². The number of carbonyl (C=O) groups excluding carboxylic acids is 2. The van der Waals surface area contributed by atoms with Gasteiger partial charge >= 0.3 is 0 Å². The molecule has 0 unspecified atom stereocenters. The van der Waals surface area contributed by atoms with Crippen LogP contribution in [0.5, 0.6) is 0 Å². The molecule has 0 aliphatic carbocycles. The smallest absolute Gasteiger partial charge is 0.254 e. The van der Waals surface area contributed by atoms with Gasteiger partial charge in [0.1, 0.15) is 12.4 Å². The third-order valence-electron chi connectivity index (χ3n) is 6.28. The zero-order valence-corrected chi connectivity index (χ0v) is 23.1. The van der Waals surface area contributed by atoms with Crippen LogP contribution in [0.1, 0.15) is 82.6 Å². The summed E-state index contributed by atoms with van der Waals surface area (Å²) in [6.45, 7) is 18.5. The van der Waals surface area contributed by atoms with Crippen LogP contribution in [0, 0.1) is 6.92 Å². The minimum atomic E-state index is -0.265. The van der Waals surface area contributed by atoms with E-state index in [9.17, 15) is 9.59 Å². The van der Waals surface area contributed by atoms with Gasteiger partial charge in [-0.15, -0.1) is 0 Å². The number of aryl methyl sites for hydroxylation is 1. The maximum absolute atomic E-state index is 13.3. The molecule has 0 atom stereocenters. The van der Waals surface area contributed by atoms with Gasteiger partial charge in [0, 0.05) is 23.1 Å². The molecule has 1 heterocycles. The van der Waals surface area contributed by atoms with Gasteiger partial charge in [0.2, 0.25) is 5.91 Å². The van der Waals surface area contributed by atoms with Crippen molar-refractivity contribution in [3.05, 3.63) is 77.0 Å². The maximum Gasteiger partial charge on any atom is 0.254 e. The van der Waals surface area contributed by atoms with Crippen molar-refractivity contribution in [2.45, 2.75) is 79.2 Å². The summed E-state index contributed by atoms with van der Waals surface area (Å²) < 4.78 is 1.78. The number of nitrogens with one attached hydrogen (secondary N) is 1. The second kappa shape index (κ2) is 10.3. The average molecular weight is 489 g/mol. The summed E-state index contributed by atoms with van der Waals surface area (Å²) in [6, 6.07) is 17.4. The number of para-hydroxylation sites is 1. The molecule has 0 spiro atoms. The fourth-order valence-electron chi connectivity index (χ4n) is 3.93. The molecule has 3 rings (SSSR count). The van der Waals surface area contributed by atoms with E-state index in [0.29, 0.717) is 11.4 Å². The number of nitrogens with zero attached hydrogens (tertiary/aromatic N) is 3. The van der Waals surface area contributed by atoms with Crippen LogP contribution in [0.2, 0.25) is 0 Å². The summed E-state index contributed by atoms with van der Waals surface area (Å²) in [5, 5.41) is 7.83. The fourth-order valence-corrected chi connectivity index (χ4v) is 3.93. The molecule has 6 nitrogen and oxygen atoms in total. The first kappa shape index (κ1) is 27.2. The first-order valence-electron chi connectivity index (χ1n) is 12.6. The quantitative estimate of drug-likeness (QED) is 0.445. The number of hydrogen-bond donors (Lipinski definition) is 1. The summed E-state index contributed by atoms with van der Waals surface area (Å²) in [7, 11) is 0. The largest absolute Gasteiger partial charge is 0.327 e. The monoisotopic (exact) mass is 488 g/mol. The Kier molecular flexibility index (Phi) is 7.77. The van der Waals surface area contributed by atoms with Crippen molar-refractivity contribution in [3.8, 4) is 5.69 Å². The number of hydrogen-bond acceptors (Lipinski definition) is 3. The molecule has 2 amide bonds. The summed E-state index contributed by atoms with van der Waals surface area (Å²) in [4.78, 5) is 28.2. The topological polar surface area (TPSA) is 67.2 Å². The van der Waals surface area contributed by atoms with Gasteiger partial charge < -0.3 is 10.2 Å². The lowest BCUT2D eigenvalue weighted by Crippen LogP contribution is -2.42. The van der Waals surface area contributed by atoms with Gasteiger partial charge in [-0.3, -0.25) is 9.59 Å². The Bertz CT molecular complexity index is 1230. The Morgan fingerprint density at radius 2 is 1.56 bits per heavy atom. The summed E-state index contributed by atoms with van der Waals surface area (Å²) in [5.74, 6) is 0.159. The minimum Gasteiger partial charge on any atom is -0.327 e. The van der Waals surface area contributed by atoms with Crippen LogP contribution in [0.15, 0.2) is 54.6 Å². The molecule has 2 aromatic carbocycles. The molecule has 0 radical (unpaired) electrons. The zero-order valence-electron chi connectivity index (χ0n) is 23.1. The van der Waals surface area contributed by atoms with Gasteiger partial charge in [-0.25, -0.2) is 4.68 Å². The van der Waals surface area contributed by atoms with Crippen LogP contribution in [0.25, 0.3) is 5.69 Å². The standard InChI is InChI=1S/C30H40N4O2/c1-20(2)33(28(36)22-14-16-23(17-15-22)29(4,5)6)19-27(35)31-26-18-25(30(7,8)9)32-34(26)24-13-11-10-12-21(24)3/h10-18,20H,19H2,1-9H3,(H,31,35). The number of aromatic nitrogens is 2. The van der Waals surface area contributed by atoms with Crippen molar-refractivity contribution < 1.29 is 9.59 Å². The Balaban J connectivity index is 1.86. The second-order valence-corrected chi connectivity index (χ2v) is 11.8. The van der Waals surface area contributed by atoms with Crippen LogP contribution >= 0.6 is 0 Å². The van der Waals surface area contributed by atoms with Crippen LogP contribution in [0.3, 0.4) is 0 Å². The molecule has 1 N–H and O–H groups in total. The molecule has 0 saturated heterocycles. The van der Waals surface area contributed by atoms with E-state index < -0.39 is 0 Å². The van der Waals surface area contributed by atoms with Crippen molar-refractivity contribution in [1.82, 2.24) is 14.7 Å². The van der Waals surface area contributed by atoms with E-state index in [2.05, 4.69) is 46.9 Å². The molecule has 6 heteroatoms. The Hall–Kier alpha value is -3.41. The van der Waals surface area contributed by atoms with Crippen molar-refractivity contribution in [2.75, 3.05) is 11.9 Å². The number of carbonyl (C=O) groups is 2. The lowest BCUT2D eigenvalue weighted by Gasteiger charge is -2.27. The number of benzene rings is 2. The third kappa shape index (κ3) is 6.23. The highest BCUT2D eigenvalue weighted by molar-refractivity contribution is 5.99. The predicted octanol–water partition coefficient (Wildman–Crippen LogP) is 6.27. The highest BCUT2D eigenvalue weighted by Gasteiger charge is 2.25. The highest BCUT2D eigenvalue weighted by atomic mass is 16.2. The van der Waals surface area contributed by atoms with E-state index in [1.807, 2.05) is 75.4 Å². The van der Waals surface area contributed by atoms with E-state index in [1.165, 1.54) is 0 Å². The van der Waals surface area contributed by atoms with Gasteiger partial charge in [-0.05, 0) is 55.5 Å². The van der Waals surface area contributed by atoms with Gasteiger partial charge in [-0.2, -0.15) is 5.10 Å². The molecule has 192 valence electrons. The molecular formula is C30H40N4O2. The van der Waals surface area contributed by atoms with Gasteiger partial charge in [0.15, 0.2) is 0 Å². The fraction of sp³-hybridized carbons (Fsp3) is 0.433. The molecule has 0 fully saturated rings. The lowest BCUT2D eigenvalue weighted by atomic mass is 9.86. The summed E-state index contributed by atoms with van der Waals surface area (Å²) >= 11 is 0. The van der Waals surface area contributed by atoms with E-state index in [4.69, 9.17) is 5.10 Å². The van der Waals surface area contributed by atoms with E-state index in [-0.39, 0.29) is 35.2 Å². The molecule has 0 bridgehead atoms. The molecular weight excluding hydrogens is 448 g/mol. The second-order valence-electron chi connectivity index (χ2n) is 11.8. The zero-order chi connectivity index (χ0) is 26.8. The average Bonchev–Trinajstić information content (AvgIpc) is 3.20. The van der Waals surface area contributed by atoms with Gasteiger partial charge in [-0.1, -0.05) is 71.9 Å². The molecule has 0 aliphatic heterocycles. The van der Waals surface area contributed by atoms with Gasteiger partial charge in [0.05, 0.1) is 11.4 Å².